The number of ether oxygens (including phenoxy) is 1. The Bertz CT molecular complexity index is 420. The molecule has 1 rings (SSSR count). The van der Waals surface area contributed by atoms with Gasteiger partial charge in [0.15, 0.2) is 0 Å². The molecule has 1 unspecified atom stereocenters. The lowest BCUT2D eigenvalue weighted by molar-refractivity contribution is 0.0690. The van der Waals surface area contributed by atoms with Crippen molar-refractivity contribution >= 4 is 11.9 Å². The average Bonchev–Trinajstić information content (AvgIpc) is 2.35. The number of carboxylic acid groups (broad SMARTS) is 1. The van der Waals surface area contributed by atoms with Crippen LogP contribution in [-0.2, 0) is 4.74 Å². The Labute approximate surface area is 98.6 Å². The van der Waals surface area contributed by atoms with Gasteiger partial charge in [-0.25, -0.2) is 9.78 Å². The molecule has 6 nitrogen and oxygen atoms in total. The molecule has 1 amide bonds. The number of hydrogen-bond acceptors (Lipinski definition) is 4. The van der Waals surface area contributed by atoms with E-state index in [1.165, 1.54) is 18.2 Å². The van der Waals surface area contributed by atoms with Gasteiger partial charge in [0.05, 0.1) is 6.10 Å². The SMILES string of the molecule is COC(C)CNC(=O)c1cccc(C(=O)O)n1. The first-order valence-corrected chi connectivity index (χ1v) is 5.06. The molecule has 0 fully saturated rings. The van der Waals surface area contributed by atoms with Gasteiger partial charge in [-0.2, -0.15) is 0 Å². The van der Waals surface area contributed by atoms with Gasteiger partial charge in [-0.3, -0.25) is 4.79 Å². The van der Waals surface area contributed by atoms with E-state index >= 15 is 0 Å². The summed E-state index contributed by atoms with van der Waals surface area (Å²) in [5, 5.41) is 11.3. The van der Waals surface area contributed by atoms with Crippen molar-refractivity contribution in [2.24, 2.45) is 0 Å². The maximum absolute atomic E-state index is 11.6. The van der Waals surface area contributed by atoms with Gasteiger partial charge in [0.1, 0.15) is 11.4 Å². The lowest BCUT2D eigenvalue weighted by atomic mass is 10.3. The Balaban J connectivity index is 2.69. The van der Waals surface area contributed by atoms with Crippen LogP contribution in [0.4, 0.5) is 0 Å². The first-order chi connectivity index (χ1) is 8.04. The molecular formula is C11H14N2O4. The number of carbonyl (C=O) groups excluding carboxylic acids is 1. The highest BCUT2D eigenvalue weighted by molar-refractivity contribution is 5.94. The zero-order valence-electron chi connectivity index (χ0n) is 9.64. The summed E-state index contributed by atoms with van der Waals surface area (Å²) in [5.41, 5.74) is -0.0781. The summed E-state index contributed by atoms with van der Waals surface area (Å²) >= 11 is 0. The number of nitrogens with zero attached hydrogens (tertiary/aromatic N) is 1. The Morgan fingerprint density at radius 1 is 1.47 bits per heavy atom. The van der Waals surface area contributed by atoms with Crippen LogP contribution in [0.1, 0.15) is 27.9 Å². The van der Waals surface area contributed by atoms with E-state index in [2.05, 4.69) is 10.3 Å². The van der Waals surface area contributed by atoms with Crippen molar-refractivity contribution in [3.8, 4) is 0 Å². The third kappa shape index (κ3) is 3.84. The van der Waals surface area contributed by atoms with Crippen molar-refractivity contribution < 1.29 is 19.4 Å². The van der Waals surface area contributed by atoms with Gasteiger partial charge in [-0.1, -0.05) is 6.07 Å². The summed E-state index contributed by atoms with van der Waals surface area (Å²) in [7, 11) is 1.54. The number of pyridine rings is 1. The van der Waals surface area contributed by atoms with Crippen LogP contribution >= 0.6 is 0 Å². The highest BCUT2D eigenvalue weighted by Crippen LogP contribution is 1.99. The Morgan fingerprint density at radius 3 is 2.71 bits per heavy atom. The molecule has 0 saturated heterocycles. The van der Waals surface area contributed by atoms with Crippen LogP contribution in [0.25, 0.3) is 0 Å². The van der Waals surface area contributed by atoms with Crippen LogP contribution in [0.5, 0.6) is 0 Å². The van der Waals surface area contributed by atoms with Gasteiger partial charge in [-0.05, 0) is 19.1 Å². The van der Waals surface area contributed by atoms with E-state index in [1.807, 2.05) is 0 Å². The Hall–Kier alpha value is -1.95. The topological polar surface area (TPSA) is 88.5 Å². The fraction of sp³-hybridized carbons (Fsp3) is 0.364. The van der Waals surface area contributed by atoms with Crippen LogP contribution in [-0.4, -0.2) is 41.7 Å². The van der Waals surface area contributed by atoms with Crippen LogP contribution in [0.15, 0.2) is 18.2 Å². The second kappa shape index (κ2) is 5.95. The molecule has 2 N–H and O–H groups in total. The molecule has 0 aromatic carbocycles. The average molecular weight is 238 g/mol. The van der Waals surface area contributed by atoms with E-state index in [0.29, 0.717) is 6.54 Å². The molecule has 1 aromatic rings. The minimum absolute atomic E-state index is 0.0770. The first kappa shape index (κ1) is 13.1. The summed E-state index contributed by atoms with van der Waals surface area (Å²) in [5.74, 6) is -1.58. The van der Waals surface area contributed by atoms with Gasteiger partial charge < -0.3 is 15.2 Å². The Kier molecular flexibility index (Phi) is 4.59. The number of carboxylic acids is 1. The van der Waals surface area contributed by atoms with Crippen molar-refractivity contribution in [3.05, 3.63) is 29.6 Å². The molecule has 1 aromatic heterocycles. The largest absolute Gasteiger partial charge is 0.477 e. The Morgan fingerprint density at radius 2 is 2.12 bits per heavy atom. The van der Waals surface area contributed by atoms with Crippen molar-refractivity contribution in [2.75, 3.05) is 13.7 Å². The van der Waals surface area contributed by atoms with Crippen molar-refractivity contribution in [1.29, 1.82) is 0 Å². The second-order valence-electron chi connectivity index (χ2n) is 3.47. The zero-order valence-corrected chi connectivity index (χ0v) is 9.64. The van der Waals surface area contributed by atoms with Gasteiger partial charge in [0, 0.05) is 13.7 Å². The van der Waals surface area contributed by atoms with Gasteiger partial charge >= 0.3 is 5.97 Å². The molecule has 1 atom stereocenters. The standard InChI is InChI=1S/C11H14N2O4/c1-7(17-2)6-12-10(14)8-4-3-5-9(13-8)11(15)16/h3-5,7H,6H2,1-2H3,(H,12,14)(H,15,16). The predicted molar refractivity (Wildman–Crippen MR) is 60.0 cm³/mol. The molecule has 0 saturated carbocycles. The minimum atomic E-state index is -1.16. The number of amides is 1. The molecule has 0 bridgehead atoms. The zero-order chi connectivity index (χ0) is 12.8. The summed E-state index contributed by atoms with van der Waals surface area (Å²) < 4.78 is 4.97. The smallest absolute Gasteiger partial charge is 0.354 e. The highest BCUT2D eigenvalue weighted by Gasteiger charge is 2.11. The first-order valence-electron chi connectivity index (χ1n) is 5.06. The van der Waals surface area contributed by atoms with Crippen LogP contribution in [0.2, 0.25) is 0 Å². The summed E-state index contributed by atoms with van der Waals surface area (Å²) in [6, 6.07) is 4.27. The molecule has 17 heavy (non-hydrogen) atoms. The molecule has 0 spiro atoms. The fourth-order valence-electron chi connectivity index (χ4n) is 1.09. The summed E-state index contributed by atoms with van der Waals surface area (Å²) in [4.78, 5) is 26.0. The predicted octanol–water partition coefficient (Wildman–Crippen LogP) is 0.544. The normalized spacial score (nSPS) is 11.9. The quantitative estimate of drug-likeness (QED) is 0.781. The molecule has 6 heteroatoms. The van der Waals surface area contributed by atoms with Crippen LogP contribution in [0, 0.1) is 0 Å². The highest BCUT2D eigenvalue weighted by atomic mass is 16.5. The molecule has 92 valence electrons. The third-order valence-corrected chi connectivity index (χ3v) is 2.15. The molecule has 0 aliphatic rings. The van der Waals surface area contributed by atoms with E-state index in [4.69, 9.17) is 9.84 Å². The van der Waals surface area contributed by atoms with E-state index in [9.17, 15) is 9.59 Å². The summed E-state index contributed by atoms with van der Waals surface area (Å²) in [6.45, 7) is 2.15. The monoisotopic (exact) mass is 238 g/mol. The second-order valence-corrected chi connectivity index (χ2v) is 3.47. The molecule has 0 radical (unpaired) electrons. The summed E-state index contributed by atoms with van der Waals surface area (Å²) in [6.07, 6.45) is -0.110. The minimum Gasteiger partial charge on any atom is -0.477 e. The van der Waals surface area contributed by atoms with Crippen molar-refractivity contribution in [3.63, 3.8) is 0 Å². The molecular weight excluding hydrogens is 224 g/mol. The molecule has 1 heterocycles. The van der Waals surface area contributed by atoms with Gasteiger partial charge in [0.25, 0.3) is 5.91 Å². The molecule has 0 aliphatic heterocycles. The van der Waals surface area contributed by atoms with Crippen LogP contribution in [0.3, 0.4) is 0 Å². The number of rotatable bonds is 5. The van der Waals surface area contributed by atoms with Gasteiger partial charge in [-0.15, -0.1) is 0 Å². The van der Waals surface area contributed by atoms with E-state index in [1.54, 1.807) is 14.0 Å². The number of carbonyl (C=O) groups is 2. The molecule has 0 aliphatic carbocycles. The lowest BCUT2D eigenvalue weighted by Crippen LogP contribution is -2.32. The third-order valence-electron chi connectivity index (χ3n) is 2.15. The van der Waals surface area contributed by atoms with Crippen molar-refractivity contribution in [1.82, 2.24) is 10.3 Å². The van der Waals surface area contributed by atoms with Crippen molar-refractivity contribution in [2.45, 2.75) is 13.0 Å². The number of nitrogens with one attached hydrogen (secondary N) is 1. The number of aromatic nitrogens is 1. The van der Waals surface area contributed by atoms with Crippen LogP contribution < -0.4 is 5.32 Å². The van der Waals surface area contributed by atoms with E-state index in [-0.39, 0.29) is 17.5 Å². The van der Waals surface area contributed by atoms with Gasteiger partial charge in [0.2, 0.25) is 0 Å². The fourth-order valence-corrected chi connectivity index (χ4v) is 1.09. The number of hydrogen-bond donors (Lipinski definition) is 2. The number of methoxy groups -OCH3 is 1. The maximum Gasteiger partial charge on any atom is 0.354 e. The van der Waals surface area contributed by atoms with E-state index < -0.39 is 11.9 Å². The maximum atomic E-state index is 11.6. The lowest BCUT2D eigenvalue weighted by Gasteiger charge is -2.10. The van der Waals surface area contributed by atoms with E-state index in [0.717, 1.165) is 0 Å². The number of aromatic carboxylic acids is 1.